The zero-order valence-corrected chi connectivity index (χ0v) is 17.7. The van der Waals surface area contributed by atoms with Crippen LogP contribution in [0.5, 0.6) is 5.75 Å². The molecule has 0 aliphatic carbocycles. The number of aryl methyl sites for hydroxylation is 1. The van der Waals surface area contributed by atoms with Crippen molar-refractivity contribution in [1.29, 1.82) is 0 Å². The molecule has 0 radical (unpaired) electrons. The van der Waals surface area contributed by atoms with Gasteiger partial charge in [0.25, 0.3) is 0 Å². The number of carbonyl (C=O) groups excluding carboxylic acids is 1. The van der Waals surface area contributed by atoms with E-state index in [-0.39, 0.29) is 12.0 Å². The highest BCUT2D eigenvalue weighted by Crippen LogP contribution is 2.26. The van der Waals surface area contributed by atoms with Gasteiger partial charge in [-0.05, 0) is 36.8 Å². The van der Waals surface area contributed by atoms with Crippen molar-refractivity contribution >= 4 is 28.1 Å². The molecule has 0 bridgehead atoms. The van der Waals surface area contributed by atoms with Crippen molar-refractivity contribution in [2.24, 2.45) is 0 Å². The van der Waals surface area contributed by atoms with Crippen LogP contribution in [-0.4, -0.2) is 52.8 Å². The maximum absolute atomic E-state index is 12.9. The molecule has 1 saturated heterocycles. The molecule has 1 atom stereocenters. The number of nitrogens with one attached hydrogen (secondary N) is 1. The number of amides is 1. The lowest BCUT2D eigenvalue weighted by atomic mass is 10.1. The fourth-order valence-electron chi connectivity index (χ4n) is 3.41. The van der Waals surface area contributed by atoms with Crippen molar-refractivity contribution in [3.8, 4) is 5.75 Å². The summed E-state index contributed by atoms with van der Waals surface area (Å²) in [4.78, 5) is 19.4. The zero-order valence-electron chi connectivity index (χ0n) is 16.9. The minimum atomic E-state index is -0.275. The number of pyridine rings is 1. The molecule has 0 unspecified atom stereocenters. The number of anilines is 2. The molecule has 0 saturated carbocycles. The summed E-state index contributed by atoms with van der Waals surface area (Å²) in [6, 6.07) is 11.5. The third kappa shape index (κ3) is 4.92. The van der Waals surface area contributed by atoms with E-state index in [1.807, 2.05) is 48.2 Å². The summed E-state index contributed by atoms with van der Waals surface area (Å²) in [5.74, 6) is 0.816. The summed E-state index contributed by atoms with van der Waals surface area (Å²) in [6.07, 6.45) is 0.0533. The lowest BCUT2D eigenvalue weighted by Crippen LogP contribution is -2.43. The Morgan fingerprint density at radius 1 is 1.37 bits per heavy atom. The van der Waals surface area contributed by atoms with E-state index in [0.29, 0.717) is 31.2 Å². The van der Waals surface area contributed by atoms with E-state index in [1.54, 1.807) is 12.6 Å². The molecule has 3 heterocycles. The third-order valence-corrected chi connectivity index (χ3v) is 5.43. The van der Waals surface area contributed by atoms with E-state index in [2.05, 4.69) is 20.5 Å². The minimum absolute atomic E-state index is 0.0661. The van der Waals surface area contributed by atoms with Crippen molar-refractivity contribution < 1.29 is 14.3 Å². The SMILES string of the molecule is COc1cccc(CC(=O)N2CCO[C@@H](c3cc(Nc4nncs4)cc(C)n3)C2)c1. The Morgan fingerprint density at radius 3 is 3.07 bits per heavy atom. The van der Waals surface area contributed by atoms with Crippen LogP contribution in [0.4, 0.5) is 10.8 Å². The number of hydrogen-bond donors (Lipinski definition) is 1. The summed E-state index contributed by atoms with van der Waals surface area (Å²) in [5, 5.41) is 11.8. The van der Waals surface area contributed by atoms with E-state index in [9.17, 15) is 4.79 Å². The fourth-order valence-corrected chi connectivity index (χ4v) is 3.87. The Hall–Kier alpha value is -3.04. The average molecular weight is 426 g/mol. The van der Waals surface area contributed by atoms with Crippen LogP contribution in [0.25, 0.3) is 0 Å². The lowest BCUT2D eigenvalue weighted by Gasteiger charge is -2.33. The molecule has 2 aromatic heterocycles. The molecule has 3 aromatic rings. The largest absolute Gasteiger partial charge is 0.497 e. The second-order valence-corrected chi connectivity index (χ2v) is 7.85. The summed E-state index contributed by atoms with van der Waals surface area (Å²) in [7, 11) is 1.62. The summed E-state index contributed by atoms with van der Waals surface area (Å²) >= 11 is 1.43. The first-order valence-electron chi connectivity index (χ1n) is 9.65. The van der Waals surface area contributed by atoms with Crippen molar-refractivity contribution in [3.05, 3.63) is 58.9 Å². The Bertz CT molecular complexity index is 1010. The maximum atomic E-state index is 12.9. The van der Waals surface area contributed by atoms with Gasteiger partial charge < -0.3 is 19.7 Å². The van der Waals surface area contributed by atoms with Gasteiger partial charge in [0.2, 0.25) is 11.0 Å². The Kier molecular flexibility index (Phi) is 6.20. The van der Waals surface area contributed by atoms with Crippen molar-refractivity contribution in [2.75, 3.05) is 32.1 Å². The van der Waals surface area contributed by atoms with Gasteiger partial charge in [-0.25, -0.2) is 0 Å². The molecule has 1 amide bonds. The standard InChI is InChI=1S/C21H23N5O3S/c1-14-8-16(24-21-25-22-13-30-21)11-18(23-14)19-12-26(6-7-29-19)20(27)10-15-4-3-5-17(9-15)28-2/h3-5,8-9,11,13,19H,6-7,10,12H2,1-2H3,(H,23,24,25)/t19-/m1/s1. The molecular formula is C21H23N5O3S. The number of benzene rings is 1. The first kappa shape index (κ1) is 20.2. The van der Waals surface area contributed by atoms with Gasteiger partial charge in [0, 0.05) is 17.9 Å². The van der Waals surface area contributed by atoms with Crippen LogP contribution in [0, 0.1) is 6.92 Å². The molecular weight excluding hydrogens is 402 g/mol. The number of methoxy groups -OCH3 is 1. The van der Waals surface area contributed by atoms with E-state index in [4.69, 9.17) is 9.47 Å². The van der Waals surface area contributed by atoms with E-state index in [1.165, 1.54) is 11.3 Å². The molecule has 1 aromatic carbocycles. The molecule has 4 rings (SSSR count). The Balaban J connectivity index is 1.45. The van der Waals surface area contributed by atoms with Crippen LogP contribution in [-0.2, 0) is 16.0 Å². The highest BCUT2D eigenvalue weighted by Gasteiger charge is 2.27. The quantitative estimate of drug-likeness (QED) is 0.649. The molecule has 1 fully saturated rings. The smallest absolute Gasteiger partial charge is 0.227 e. The molecule has 1 aliphatic heterocycles. The predicted molar refractivity (Wildman–Crippen MR) is 114 cm³/mol. The normalized spacial score (nSPS) is 16.3. The number of morpholine rings is 1. The van der Waals surface area contributed by atoms with Gasteiger partial charge in [-0.15, -0.1) is 10.2 Å². The van der Waals surface area contributed by atoms with Crippen LogP contribution in [0.15, 0.2) is 41.9 Å². The fraction of sp³-hybridized carbons (Fsp3) is 0.333. The van der Waals surface area contributed by atoms with Crippen LogP contribution in [0.1, 0.15) is 23.1 Å². The summed E-state index contributed by atoms with van der Waals surface area (Å²) < 4.78 is 11.2. The lowest BCUT2D eigenvalue weighted by molar-refractivity contribution is -0.138. The molecule has 30 heavy (non-hydrogen) atoms. The first-order chi connectivity index (χ1) is 14.6. The number of aromatic nitrogens is 3. The minimum Gasteiger partial charge on any atom is -0.497 e. The number of rotatable bonds is 6. The van der Waals surface area contributed by atoms with Crippen LogP contribution >= 0.6 is 11.3 Å². The molecule has 1 N–H and O–H groups in total. The summed E-state index contributed by atoms with van der Waals surface area (Å²) in [6.45, 7) is 3.45. The highest BCUT2D eigenvalue weighted by atomic mass is 32.1. The predicted octanol–water partition coefficient (Wildman–Crippen LogP) is 3.14. The van der Waals surface area contributed by atoms with Gasteiger partial charge in [0.05, 0.1) is 32.4 Å². The van der Waals surface area contributed by atoms with E-state index < -0.39 is 0 Å². The van der Waals surface area contributed by atoms with Crippen molar-refractivity contribution in [1.82, 2.24) is 20.1 Å². The van der Waals surface area contributed by atoms with E-state index in [0.717, 1.165) is 28.4 Å². The number of nitrogens with zero attached hydrogens (tertiary/aromatic N) is 4. The Morgan fingerprint density at radius 2 is 2.27 bits per heavy atom. The van der Waals surface area contributed by atoms with Gasteiger partial charge in [0.1, 0.15) is 17.4 Å². The number of ether oxygens (including phenoxy) is 2. The Labute approximate surface area is 178 Å². The average Bonchev–Trinajstić information content (AvgIpc) is 3.26. The van der Waals surface area contributed by atoms with Crippen molar-refractivity contribution in [3.63, 3.8) is 0 Å². The zero-order chi connectivity index (χ0) is 20.9. The van der Waals surface area contributed by atoms with Crippen LogP contribution in [0.2, 0.25) is 0 Å². The van der Waals surface area contributed by atoms with Crippen LogP contribution in [0.3, 0.4) is 0 Å². The molecule has 1 aliphatic rings. The third-order valence-electron chi connectivity index (χ3n) is 4.82. The first-order valence-corrected chi connectivity index (χ1v) is 10.5. The molecule has 8 nitrogen and oxygen atoms in total. The van der Waals surface area contributed by atoms with Gasteiger partial charge in [0.15, 0.2) is 0 Å². The second kappa shape index (κ2) is 9.19. The number of hydrogen-bond acceptors (Lipinski definition) is 8. The molecule has 156 valence electrons. The van der Waals surface area contributed by atoms with Gasteiger partial charge in [-0.3, -0.25) is 9.78 Å². The summed E-state index contributed by atoms with van der Waals surface area (Å²) in [5.41, 5.74) is 5.13. The second-order valence-electron chi connectivity index (χ2n) is 7.02. The van der Waals surface area contributed by atoms with Crippen molar-refractivity contribution in [2.45, 2.75) is 19.4 Å². The van der Waals surface area contributed by atoms with Gasteiger partial charge in [-0.2, -0.15) is 0 Å². The maximum Gasteiger partial charge on any atom is 0.227 e. The highest BCUT2D eigenvalue weighted by molar-refractivity contribution is 7.13. The molecule has 9 heteroatoms. The topological polar surface area (TPSA) is 89.5 Å². The van der Waals surface area contributed by atoms with E-state index >= 15 is 0 Å². The van der Waals surface area contributed by atoms with Gasteiger partial charge in [-0.1, -0.05) is 23.5 Å². The van der Waals surface area contributed by atoms with Gasteiger partial charge >= 0.3 is 0 Å². The molecule has 0 spiro atoms. The number of carbonyl (C=O) groups is 1. The van der Waals surface area contributed by atoms with Crippen LogP contribution < -0.4 is 10.1 Å². The monoisotopic (exact) mass is 425 g/mol.